The smallest absolute Gasteiger partial charge is 0.287 e. The fraction of sp³-hybridized carbons (Fsp3) is 0.400. The predicted molar refractivity (Wildman–Crippen MR) is 76.3 cm³/mol. The summed E-state index contributed by atoms with van der Waals surface area (Å²) in [4.78, 5) is 12.2. The molecule has 1 aliphatic carbocycles. The highest BCUT2D eigenvalue weighted by Crippen LogP contribution is 2.40. The number of carbonyl (C=O) groups is 1. The van der Waals surface area contributed by atoms with Crippen molar-refractivity contribution in [3.05, 3.63) is 30.0 Å². The molecule has 106 valence electrons. The predicted octanol–water partition coefficient (Wildman–Crippen LogP) is 1.90. The van der Waals surface area contributed by atoms with E-state index in [0.29, 0.717) is 17.7 Å². The Morgan fingerprint density at radius 1 is 1.45 bits per heavy atom. The van der Waals surface area contributed by atoms with E-state index in [1.54, 1.807) is 24.3 Å². The minimum atomic E-state index is -0.372. The second-order valence-corrected chi connectivity index (χ2v) is 6.01. The van der Waals surface area contributed by atoms with Crippen LogP contribution in [-0.4, -0.2) is 23.2 Å². The molecule has 20 heavy (non-hydrogen) atoms. The van der Waals surface area contributed by atoms with Crippen LogP contribution in [0.3, 0.4) is 0 Å². The number of nitrogens with one attached hydrogen (secondary N) is 1. The van der Waals surface area contributed by atoms with Gasteiger partial charge in [-0.25, -0.2) is 0 Å². The minimum absolute atomic E-state index is 0.0386. The van der Waals surface area contributed by atoms with Gasteiger partial charge >= 0.3 is 0 Å². The Morgan fingerprint density at radius 2 is 2.20 bits per heavy atom. The van der Waals surface area contributed by atoms with Crippen LogP contribution in [0.4, 0.5) is 5.69 Å². The van der Waals surface area contributed by atoms with Crippen molar-refractivity contribution in [2.75, 3.05) is 5.73 Å². The molecule has 1 saturated carbocycles. The highest BCUT2D eigenvalue weighted by molar-refractivity contribution is 5.96. The molecule has 5 nitrogen and oxygen atoms in total. The molecule has 2 aromatic rings. The molecule has 3 rings (SSSR count). The molecular formula is C15H18N2O3. The second kappa shape index (κ2) is 4.24. The lowest BCUT2D eigenvalue weighted by molar-refractivity contribution is -0.0691. The van der Waals surface area contributed by atoms with Gasteiger partial charge in [0.25, 0.3) is 5.91 Å². The molecule has 0 spiro atoms. The Kier molecular flexibility index (Phi) is 2.76. The summed E-state index contributed by atoms with van der Waals surface area (Å²) in [5.41, 5.74) is 6.67. The Bertz CT molecular complexity index is 675. The van der Waals surface area contributed by atoms with Gasteiger partial charge in [0.1, 0.15) is 5.58 Å². The van der Waals surface area contributed by atoms with Gasteiger partial charge in [-0.3, -0.25) is 4.79 Å². The van der Waals surface area contributed by atoms with Crippen molar-refractivity contribution in [2.45, 2.75) is 32.4 Å². The molecule has 1 fully saturated rings. The van der Waals surface area contributed by atoms with Crippen LogP contribution in [0, 0.1) is 5.41 Å². The van der Waals surface area contributed by atoms with Crippen molar-refractivity contribution in [1.82, 2.24) is 5.32 Å². The summed E-state index contributed by atoms with van der Waals surface area (Å²) >= 11 is 0. The maximum atomic E-state index is 12.2. The minimum Gasteiger partial charge on any atom is -0.451 e. The zero-order chi connectivity index (χ0) is 14.5. The summed E-state index contributed by atoms with van der Waals surface area (Å²) in [7, 11) is 0. The van der Waals surface area contributed by atoms with E-state index in [1.807, 2.05) is 13.8 Å². The maximum Gasteiger partial charge on any atom is 0.287 e. The molecule has 0 radical (unpaired) electrons. The Hall–Kier alpha value is -2.01. The second-order valence-electron chi connectivity index (χ2n) is 6.01. The van der Waals surface area contributed by atoms with E-state index in [-0.39, 0.29) is 29.2 Å². The first-order chi connectivity index (χ1) is 9.38. The van der Waals surface area contributed by atoms with E-state index >= 15 is 0 Å². The summed E-state index contributed by atoms with van der Waals surface area (Å²) in [6.07, 6.45) is 0.203. The largest absolute Gasteiger partial charge is 0.451 e. The number of benzene rings is 1. The molecule has 4 N–H and O–H groups in total. The van der Waals surface area contributed by atoms with Gasteiger partial charge in [-0.05, 0) is 30.7 Å². The summed E-state index contributed by atoms with van der Waals surface area (Å²) in [6, 6.07) is 6.90. The van der Waals surface area contributed by atoms with Crippen molar-refractivity contribution in [3.8, 4) is 0 Å². The normalized spacial score (nSPS) is 24.4. The first kappa shape index (κ1) is 13.0. The van der Waals surface area contributed by atoms with Crippen molar-refractivity contribution in [3.63, 3.8) is 0 Å². The van der Waals surface area contributed by atoms with Crippen molar-refractivity contribution < 1.29 is 14.3 Å². The number of carbonyl (C=O) groups excluding carboxylic acids is 1. The van der Waals surface area contributed by atoms with Crippen LogP contribution >= 0.6 is 0 Å². The number of amides is 1. The average molecular weight is 274 g/mol. The van der Waals surface area contributed by atoms with Gasteiger partial charge in [0.15, 0.2) is 5.76 Å². The van der Waals surface area contributed by atoms with Gasteiger partial charge in [-0.2, -0.15) is 0 Å². The number of furan rings is 1. The zero-order valence-corrected chi connectivity index (χ0v) is 11.5. The number of nitrogen functional groups attached to an aromatic ring is 1. The number of hydrogen-bond acceptors (Lipinski definition) is 4. The van der Waals surface area contributed by atoms with E-state index in [0.717, 1.165) is 5.39 Å². The number of fused-ring (bicyclic) bond motifs is 1. The van der Waals surface area contributed by atoms with Gasteiger partial charge in [0, 0.05) is 22.5 Å². The Labute approximate surface area is 116 Å². The molecule has 1 aromatic heterocycles. The monoisotopic (exact) mass is 274 g/mol. The number of anilines is 1. The van der Waals surface area contributed by atoms with Gasteiger partial charge in [-0.1, -0.05) is 13.8 Å². The van der Waals surface area contributed by atoms with Crippen LogP contribution in [-0.2, 0) is 0 Å². The van der Waals surface area contributed by atoms with E-state index in [9.17, 15) is 9.90 Å². The summed E-state index contributed by atoms with van der Waals surface area (Å²) in [5, 5.41) is 13.4. The summed E-state index contributed by atoms with van der Waals surface area (Å²) in [5.74, 6) is 0.00698. The standard InChI is InChI=1S/C15H18N2O3/c1-15(2)12(7-13(15)18)17-14(19)11-6-8-5-9(16)3-4-10(8)20-11/h3-6,12-13,18H,7,16H2,1-2H3,(H,17,19). The molecule has 0 bridgehead atoms. The van der Waals surface area contributed by atoms with Gasteiger partial charge in [0.05, 0.1) is 6.10 Å². The number of nitrogens with two attached hydrogens (primary N) is 1. The number of aliphatic hydroxyl groups excluding tert-OH is 1. The third kappa shape index (κ3) is 1.94. The lowest BCUT2D eigenvalue weighted by Crippen LogP contribution is -2.61. The Balaban J connectivity index is 1.79. The lowest BCUT2D eigenvalue weighted by atomic mass is 9.64. The first-order valence-corrected chi connectivity index (χ1v) is 6.66. The van der Waals surface area contributed by atoms with E-state index < -0.39 is 0 Å². The molecule has 1 aromatic carbocycles. The van der Waals surface area contributed by atoms with Crippen molar-refractivity contribution in [1.29, 1.82) is 0 Å². The molecule has 1 heterocycles. The SMILES string of the molecule is CC1(C)C(O)CC1NC(=O)c1cc2cc(N)ccc2o1. The van der Waals surface area contributed by atoms with Gasteiger partial charge in [-0.15, -0.1) is 0 Å². The molecule has 0 aliphatic heterocycles. The van der Waals surface area contributed by atoms with Crippen LogP contribution in [0.5, 0.6) is 0 Å². The zero-order valence-electron chi connectivity index (χ0n) is 11.5. The molecule has 1 amide bonds. The third-order valence-corrected chi connectivity index (χ3v) is 4.29. The summed E-state index contributed by atoms with van der Waals surface area (Å²) < 4.78 is 5.52. The molecular weight excluding hydrogens is 256 g/mol. The topological polar surface area (TPSA) is 88.5 Å². The number of aliphatic hydroxyl groups is 1. The third-order valence-electron chi connectivity index (χ3n) is 4.29. The van der Waals surface area contributed by atoms with E-state index in [2.05, 4.69) is 5.32 Å². The van der Waals surface area contributed by atoms with Crippen LogP contribution in [0.2, 0.25) is 0 Å². The van der Waals surface area contributed by atoms with E-state index in [4.69, 9.17) is 10.2 Å². The molecule has 2 atom stereocenters. The fourth-order valence-corrected chi connectivity index (χ4v) is 2.55. The summed E-state index contributed by atoms with van der Waals surface area (Å²) in [6.45, 7) is 3.87. The van der Waals surface area contributed by atoms with Crippen LogP contribution in [0.25, 0.3) is 11.0 Å². The number of rotatable bonds is 2. The van der Waals surface area contributed by atoms with Crippen LogP contribution in [0.15, 0.2) is 28.7 Å². The van der Waals surface area contributed by atoms with Crippen LogP contribution in [0.1, 0.15) is 30.8 Å². The van der Waals surface area contributed by atoms with E-state index in [1.165, 1.54) is 0 Å². The molecule has 0 saturated heterocycles. The van der Waals surface area contributed by atoms with Crippen molar-refractivity contribution >= 4 is 22.6 Å². The Morgan fingerprint density at radius 3 is 2.85 bits per heavy atom. The van der Waals surface area contributed by atoms with Crippen LogP contribution < -0.4 is 11.1 Å². The molecule has 5 heteroatoms. The lowest BCUT2D eigenvalue weighted by Gasteiger charge is -2.49. The average Bonchev–Trinajstić information content (AvgIpc) is 2.81. The quantitative estimate of drug-likeness (QED) is 0.730. The fourth-order valence-electron chi connectivity index (χ4n) is 2.55. The highest BCUT2D eigenvalue weighted by atomic mass is 16.3. The molecule has 1 aliphatic rings. The first-order valence-electron chi connectivity index (χ1n) is 6.66. The van der Waals surface area contributed by atoms with Gasteiger partial charge in [0.2, 0.25) is 0 Å². The van der Waals surface area contributed by atoms with Gasteiger partial charge < -0.3 is 20.6 Å². The number of hydrogen-bond donors (Lipinski definition) is 3. The van der Waals surface area contributed by atoms with Crippen molar-refractivity contribution in [2.24, 2.45) is 5.41 Å². The molecule has 2 unspecified atom stereocenters. The highest BCUT2D eigenvalue weighted by Gasteiger charge is 2.48. The maximum absolute atomic E-state index is 12.2.